The summed E-state index contributed by atoms with van der Waals surface area (Å²) >= 11 is 2.94. The zero-order valence-corrected chi connectivity index (χ0v) is 19.2. The van der Waals surface area contributed by atoms with E-state index in [1.165, 1.54) is 23.5 Å². The highest BCUT2D eigenvalue weighted by Crippen LogP contribution is 2.27. The molecule has 0 unspecified atom stereocenters. The van der Waals surface area contributed by atoms with Crippen molar-refractivity contribution in [2.24, 2.45) is 0 Å². The molecule has 0 aliphatic rings. The second kappa shape index (κ2) is 18.2. The first kappa shape index (κ1) is 26.5. The third-order valence-electron chi connectivity index (χ3n) is 4.18. The molecule has 0 amide bonds. The van der Waals surface area contributed by atoms with E-state index in [1.54, 1.807) is 0 Å². The number of ether oxygens (including phenoxy) is 2. The fourth-order valence-corrected chi connectivity index (χ4v) is 4.15. The average Bonchev–Trinajstić information content (AvgIpc) is 2.71. The lowest BCUT2D eigenvalue weighted by atomic mass is 10.2. The molecule has 0 aromatic heterocycles. The maximum Gasteiger partial charge on any atom is 0.313 e. The topological polar surface area (TPSA) is 93.1 Å². The van der Waals surface area contributed by atoms with E-state index in [2.05, 4.69) is 0 Å². The number of rotatable bonds is 20. The van der Waals surface area contributed by atoms with Crippen LogP contribution in [0.2, 0.25) is 0 Å². The minimum Gasteiger partial charge on any atom is -0.490 e. The number of hydrogen-bond donors (Lipinski definition) is 2. The molecule has 0 spiro atoms. The van der Waals surface area contributed by atoms with Crippen molar-refractivity contribution in [1.82, 2.24) is 0 Å². The van der Waals surface area contributed by atoms with E-state index in [0.29, 0.717) is 13.2 Å². The molecule has 1 aromatic carbocycles. The first-order valence-corrected chi connectivity index (χ1v) is 12.8. The SMILES string of the molecule is O=C(O)CSCCCCCCOc1ccccc1OCCCCCCSCC(=O)O. The van der Waals surface area contributed by atoms with Crippen LogP contribution in [0.4, 0.5) is 0 Å². The van der Waals surface area contributed by atoms with Crippen LogP contribution in [-0.4, -0.2) is 58.4 Å². The number of unbranched alkanes of at least 4 members (excludes halogenated alkanes) is 6. The van der Waals surface area contributed by atoms with Gasteiger partial charge in [-0.2, -0.15) is 23.5 Å². The van der Waals surface area contributed by atoms with E-state index < -0.39 is 11.9 Å². The number of carboxylic acid groups (broad SMARTS) is 2. The molecular weight excluding hydrogens is 424 g/mol. The van der Waals surface area contributed by atoms with Crippen LogP contribution >= 0.6 is 23.5 Å². The normalized spacial score (nSPS) is 10.7. The lowest BCUT2D eigenvalue weighted by Gasteiger charge is -2.12. The van der Waals surface area contributed by atoms with E-state index in [4.69, 9.17) is 19.7 Å². The summed E-state index contributed by atoms with van der Waals surface area (Å²) in [6.07, 6.45) is 8.33. The second-order valence-electron chi connectivity index (χ2n) is 6.86. The van der Waals surface area contributed by atoms with E-state index in [9.17, 15) is 9.59 Å². The molecule has 0 saturated carbocycles. The first-order valence-electron chi connectivity index (χ1n) is 10.5. The highest BCUT2D eigenvalue weighted by atomic mass is 32.2. The molecule has 170 valence electrons. The van der Waals surface area contributed by atoms with Gasteiger partial charge in [-0.3, -0.25) is 9.59 Å². The standard InChI is InChI=1S/C22H34O6S2/c23-21(24)17-29-15-9-3-1-7-13-27-19-11-5-6-12-20(19)28-14-8-2-4-10-16-30-18-22(25)26/h5-6,11-12H,1-4,7-10,13-18H2,(H,23,24)(H,25,26). The number of para-hydroxylation sites is 2. The van der Waals surface area contributed by atoms with Crippen LogP contribution in [0.25, 0.3) is 0 Å². The smallest absolute Gasteiger partial charge is 0.313 e. The highest BCUT2D eigenvalue weighted by molar-refractivity contribution is 8.00. The van der Waals surface area contributed by atoms with Crippen molar-refractivity contribution in [2.45, 2.75) is 51.4 Å². The predicted octanol–water partition coefficient (Wildman–Crippen LogP) is 5.20. The van der Waals surface area contributed by atoms with Crippen LogP contribution in [0, 0.1) is 0 Å². The number of carboxylic acids is 2. The maximum absolute atomic E-state index is 10.4. The van der Waals surface area contributed by atoms with Crippen molar-refractivity contribution in [3.05, 3.63) is 24.3 Å². The summed E-state index contributed by atoms with van der Waals surface area (Å²) in [5.41, 5.74) is 0. The van der Waals surface area contributed by atoms with Gasteiger partial charge in [0.25, 0.3) is 0 Å². The Morgan fingerprint density at radius 1 is 0.667 bits per heavy atom. The Labute approximate surface area is 188 Å². The molecule has 0 aliphatic carbocycles. The van der Waals surface area contributed by atoms with Gasteiger partial charge in [0, 0.05) is 0 Å². The quantitative estimate of drug-likeness (QED) is 0.258. The van der Waals surface area contributed by atoms with Gasteiger partial charge in [-0.15, -0.1) is 0 Å². The van der Waals surface area contributed by atoms with Crippen LogP contribution in [0.3, 0.4) is 0 Å². The minimum atomic E-state index is -0.749. The monoisotopic (exact) mass is 458 g/mol. The van der Waals surface area contributed by atoms with Crippen LogP contribution in [0.5, 0.6) is 11.5 Å². The average molecular weight is 459 g/mol. The molecule has 6 nitrogen and oxygen atoms in total. The highest BCUT2D eigenvalue weighted by Gasteiger charge is 2.04. The van der Waals surface area contributed by atoms with Gasteiger partial charge in [0.2, 0.25) is 0 Å². The van der Waals surface area contributed by atoms with E-state index in [1.807, 2.05) is 24.3 Å². The molecule has 1 rings (SSSR count). The van der Waals surface area contributed by atoms with Gasteiger partial charge in [-0.1, -0.05) is 37.8 Å². The van der Waals surface area contributed by atoms with Crippen LogP contribution < -0.4 is 9.47 Å². The fourth-order valence-electron chi connectivity index (χ4n) is 2.69. The fraction of sp³-hybridized carbons (Fsp3) is 0.636. The summed E-state index contributed by atoms with van der Waals surface area (Å²) in [5.74, 6) is 2.22. The van der Waals surface area contributed by atoms with Crippen molar-refractivity contribution in [1.29, 1.82) is 0 Å². The molecule has 0 atom stereocenters. The Morgan fingerprint density at radius 3 is 1.47 bits per heavy atom. The third-order valence-corrected chi connectivity index (χ3v) is 6.24. The number of hydrogen-bond acceptors (Lipinski definition) is 6. The molecule has 0 fully saturated rings. The largest absolute Gasteiger partial charge is 0.490 e. The molecule has 0 bridgehead atoms. The lowest BCUT2D eigenvalue weighted by molar-refractivity contribution is -0.134. The number of thioether (sulfide) groups is 2. The van der Waals surface area contributed by atoms with Gasteiger partial charge < -0.3 is 19.7 Å². The molecule has 0 saturated heterocycles. The van der Waals surface area contributed by atoms with E-state index in [0.717, 1.165) is 74.4 Å². The molecule has 0 heterocycles. The second-order valence-corrected chi connectivity index (χ2v) is 9.08. The summed E-state index contributed by atoms with van der Waals surface area (Å²) in [6, 6.07) is 7.74. The van der Waals surface area contributed by atoms with E-state index >= 15 is 0 Å². The van der Waals surface area contributed by atoms with Gasteiger partial charge in [-0.25, -0.2) is 0 Å². The molecular formula is C22H34O6S2. The minimum absolute atomic E-state index is 0.186. The van der Waals surface area contributed by atoms with Crippen molar-refractivity contribution in [3.8, 4) is 11.5 Å². The summed E-state index contributed by atoms with van der Waals surface area (Å²) in [5, 5.41) is 17.2. The molecule has 0 aliphatic heterocycles. The van der Waals surface area contributed by atoms with Crippen molar-refractivity contribution < 1.29 is 29.3 Å². The van der Waals surface area contributed by atoms with E-state index in [-0.39, 0.29) is 11.5 Å². The Morgan fingerprint density at radius 2 is 1.07 bits per heavy atom. The number of benzene rings is 1. The third kappa shape index (κ3) is 15.3. The van der Waals surface area contributed by atoms with Crippen LogP contribution in [0.15, 0.2) is 24.3 Å². The van der Waals surface area contributed by atoms with Gasteiger partial charge in [0.1, 0.15) is 0 Å². The molecule has 8 heteroatoms. The number of carbonyl (C=O) groups is 2. The zero-order chi connectivity index (χ0) is 21.9. The molecule has 30 heavy (non-hydrogen) atoms. The van der Waals surface area contributed by atoms with Gasteiger partial charge in [0.05, 0.1) is 24.7 Å². The zero-order valence-electron chi connectivity index (χ0n) is 17.6. The molecule has 1 aromatic rings. The molecule has 2 N–H and O–H groups in total. The summed E-state index contributed by atoms with van der Waals surface area (Å²) < 4.78 is 11.8. The van der Waals surface area contributed by atoms with Crippen LogP contribution in [0.1, 0.15) is 51.4 Å². The lowest BCUT2D eigenvalue weighted by Crippen LogP contribution is -2.03. The van der Waals surface area contributed by atoms with Gasteiger partial charge in [0.15, 0.2) is 11.5 Å². The van der Waals surface area contributed by atoms with Crippen molar-refractivity contribution in [2.75, 3.05) is 36.2 Å². The predicted molar refractivity (Wildman–Crippen MR) is 124 cm³/mol. The Kier molecular flexibility index (Phi) is 16.1. The Balaban J connectivity index is 2.06. The maximum atomic E-state index is 10.4. The Bertz CT molecular complexity index is 546. The summed E-state index contributed by atoms with van der Waals surface area (Å²) in [4.78, 5) is 20.9. The summed E-state index contributed by atoms with van der Waals surface area (Å²) in [7, 11) is 0. The molecule has 0 radical (unpaired) electrons. The van der Waals surface area contributed by atoms with Crippen LogP contribution in [-0.2, 0) is 9.59 Å². The van der Waals surface area contributed by atoms with Crippen molar-refractivity contribution >= 4 is 35.5 Å². The first-order chi connectivity index (χ1) is 14.6. The van der Waals surface area contributed by atoms with Gasteiger partial charge in [-0.05, 0) is 49.3 Å². The van der Waals surface area contributed by atoms with Crippen molar-refractivity contribution in [3.63, 3.8) is 0 Å². The Hall–Kier alpha value is -1.54. The summed E-state index contributed by atoms with van der Waals surface area (Å²) in [6.45, 7) is 1.30. The number of aliphatic carboxylic acids is 2. The van der Waals surface area contributed by atoms with Gasteiger partial charge >= 0.3 is 11.9 Å².